The molecule has 10 aromatic rings. The van der Waals surface area contributed by atoms with Crippen LogP contribution in [0.1, 0.15) is 0 Å². The van der Waals surface area contributed by atoms with Crippen LogP contribution in [-0.2, 0) is 0 Å². The van der Waals surface area contributed by atoms with Crippen molar-refractivity contribution in [3.05, 3.63) is 133 Å². The van der Waals surface area contributed by atoms with Gasteiger partial charge in [-0.25, -0.2) is 19.9 Å². The molecule has 0 atom stereocenters. The second-order valence-electron chi connectivity index (χ2n) is 11.4. The van der Waals surface area contributed by atoms with Gasteiger partial charge in [0.1, 0.15) is 27.8 Å². The van der Waals surface area contributed by atoms with Crippen molar-refractivity contribution < 1.29 is 13.3 Å². The molecular formula is C40H22N4O3. The highest BCUT2D eigenvalue weighted by atomic mass is 16.4. The van der Waals surface area contributed by atoms with Crippen LogP contribution in [0.5, 0.6) is 0 Å². The Kier molecular flexibility index (Phi) is 5.44. The summed E-state index contributed by atoms with van der Waals surface area (Å²) in [4.78, 5) is 19.7. The minimum Gasteiger partial charge on any atom is -0.456 e. The van der Waals surface area contributed by atoms with Crippen molar-refractivity contribution >= 4 is 55.0 Å². The van der Waals surface area contributed by atoms with Gasteiger partial charge in [-0.3, -0.25) is 0 Å². The molecule has 47 heavy (non-hydrogen) atoms. The van der Waals surface area contributed by atoms with Crippen molar-refractivity contribution in [3.63, 3.8) is 0 Å². The summed E-state index contributed by atoms with van der Waals surface area (Å²) >= 11 is 0. The molecule has 7 heteroatoms. The first kappa shape index (κ1) is 25.7. The molecule has 0 bridgehead atoms. The number of oxazole rings is 1. The van der Waals surface area contributed by atoms with Gasteiger partial charge in [0.2, 0.25) is 5.89 Å². The molecule has 0 aliphatic rings. The molecule has 0 N–H and O–H groups in total. The van der Waals surface area contributed by atoms with Crippen molar-refractivity contribution in [1.82, 2.24) is 19.9 Å². The Morgan fingerprint density at radius 1 is 0.383 bits per heavy atom. The van der Waals surface area contributed by atoms with Crippen LogP contribution >= 0.6 is 0 Å². The third-order valence-electron chi connectivity index (χ3n) is 8.58. The molecule has 0 spiro atoms. The number of para-hydroxylation sites is 2. The standard InChI is InChI=1S/C40H22N4O3/c1-3-10-23(11-4-1)37-42-38(25-18-19-27-26-14-7-8-17-31(26)45-33(27)22-25)44-39(43-37)29-16-9-15-28-34-32(46-35(28)29)21-20-30-36(34)47-40(41-30)24-12-5-2-6-13-24/h1-22H. The van der Waals surface area contributed by atoms with E-state index in [-0.39, 0.29) is 0 Å². The SMILES string of the molecule is c1ccc(-c2nc(-c3ccc4c(c3)oc3ccccc34)nc(-c3cccc4c3oc3ccc5nc(-c6ccccc6)oc5c34)n2)cc1. The van der Waals surface area contributed by atoms with Crippen molar-refractivity contribution in [2.75, 3.05) is 0 Å². The average Bonchev–Trinajstić information content (AvgIpc) is 3.85. The van der Waals surface area contributed by atoms with E-state index in [9.17, 15) is 0 Å². The average molecular weight is 607 g/mol. The molecule has 0 unspecified atom stereocenters. The van der Waals surface area contributed by atoms with E-state index in [2.05, 4.69) is 12.1 Å². The Hall–Kier alpha value is -6.60. The minimum absolute atomic E-state index is 0.502. The quantitative estimate of drug-likeness (QED) is 0.197. The topological polar surface area (TPSA) is 91.0 Å². The third kappa shape index (κ3) is 4.07. The lowest BCUT2D eigenvalue weighted by Crippen LogP contribution is -2.00. The van der Waals surface area contributed by atoms with Crippen LogP contribution in [0.4, 0.5) is 0 Å². The van der Waals surface area contributed by atoms with Crippen LogP contribution in [0.3, 0.4) is 0 Å². The lowest BCUT2D eigenvalue weighted by atomic mass is 10.1. The number of fused-ring (bicyclic) bond motifs is 8. The fraction of sp³-hybridized carbons (Fsp3) is 0. The van der Waals surface area contributed by atoms with Crippen molar-refractivity contribution in [3.8, 4) is 45.6 Å². The van der Waals surface area contributed by atoms with E-state index in [1.807, 2.05) is 121 Å². The highest BCUT2D eigenvalue weighted by Gasteiger charge is 2.21. The molecule has 10 rings (SSSR count). The summed E-state index contributed by atoms with van der Waals surface area (Å²) in [6.07, 6.45) is 0. The Bertz CT molecular complexity index is 2800. The van der Waals surface area contributed by atoms with Gasteiger partial charge >= 0.3 is 0 Å². The maximum absolute atomic E-state index is 6.54. The first-order valence-corrected chi connectivity index (χ1v) is 15.3. The summed E-state index contributed by atoms with van der Waals surface area (Å²) in [6, 6.07) is 43.8. The third-order valence-corrected chi connectivity index (χ3v) is 8.58. The van der Waals surface area contributed by atoms with Gasteiger partial charge in [0.05, 0.1) is 10.9 Å². The van der Waals surface area contributed by atoms with Crippen LogP contribution < -0.4 is 0 Å². The Balaban J connectivity index is 1.18. The predicted octanol–water partition coefficient (Wildman–Crippen LogP) is 10.5. The summed E-state index contributed by atoms with van der Waals surface area (Å²) < 4.78 is 19.1. The molecule has 0 saturated carbocycles. The number of hydrogen-bond acceptors (Lipinski definition) is 7. The van der Waals surface area contributed by atoms with Gasteiger partial charge in [0.25, 0.3) is 0 Å². The number of nitrogens with zero attached hydrogens (tertiary/aromatic N) is 4. The predicted molar refractivity (Wildman–Crippen MR) is 184 cm³/mol. The van der Waals surface area contributed by atoms with Gasteiger partial charge in [0, 0.05) is 32.8 Å². The molecule has 0 aliphatic heterocycles. The van der Waals surface area contributed by atoms with Gasteiger partial charge in [-0.05, 0) is 48.5 Å². The molecule has 0 fully saturated rings. The molecule has 0 amide bonds. The zero-order chi connectivity index (χ0) is 30.9. The van der Waals surface area contributed by atoms with E-state index in [1.165, 1.54) is 0 Å². The molecule has 4 aromatic heterocycles. The number of hydrogen-bond donors (Lipinski definition) is 0. The zero-order valence-corrected chi connectivity index (χ0v) is 24.7. The summed E-state index contributed by atoms with van der Waals surface area (Å²) in [5.74, 6) is 2.17. The lowest BCUT2D eigenvalue weighted by Gasteiger charge is -2.08. The fourth-order valence-corrected chi connectivity index (χ4v) is 6.35. The van der Waals surface area contributed by atoms with Crippen LogP contribution in [-0.4, -0.2) is 19.9 Å². The van der Waals surface area contributed by atoms with Crippen LogP contribution in [0, 0.1) is 0 Å². The van der Waals surface area contributed by atoms with E-state index in [0.717, 1.165) is 60.5 Å². The first-order valence-electron chi connectivity index (χ1n) is 15.3. The van der Waals surface area contributed by atoms with E-state index >= 15 is 0 Å². The highest BCUT2D eigenvalue weighted by molar-refractivity contribution is 6.18. The number of rotatable bonds is 4. The van der Waals surface area contributed by atoms with Crippen LogP contribution in [0.25, 0.3) is 101 Å². The fourth-order valence-electron chi connectivity index (χ4n) is 6.35. The van der Waals surface area contributed by atoms with Crippen LogP contribution in [0.2, 0.25) is 0 Å². The number of aromatic nitrogens is 4. The lowest BCUT2D eigenvalue weighted by molar-refractivity contribution is 0.622. The molecule has 0 aliphatic carbocycles. The van der Waals surface area contributed by atoms with Gasteiger partial charge in [-0.2, -0.15) is 0 Å². The van der Waals surface area contributed by atoms with Gasteiger partial charge in [-0.15, -0.1) is 0 Å². The van der Waals surface area contributed by atoms with E-state index in [1.54, 1.807) is 0 Å². The number of furan rings is 2. The minimum atomic E-state index is 0.502. The molecule has 0 saturated heterocycles. The summed E-state index contributed by atoms with van der Waals surface area (Å²) in [5, 5.41) is 3.87. The van der Waals surface area contributed by atoms with Crippen molar-refractivity contribution in [2.24, 2.45) is 0 Å². The Labute approximate surface area is 266 Å². The van der Waals surface area contributed by atoms with Gasteiger partial charge in [0.15, 0.2) is 23.1 Å². The maximum atomic E-state index is 6.54. The molecular weight excluding hydrogens is 584 g/mol. The molecule has 6 aromatic carbocycles. The largest absolute Gasteiger partial charge is 0.456 e. The van der Waals surface area contributed by atoms with Gasteiger partial charge < -0.3 is 13.3 Å². The van der Waals surface area contributed by atoms with E-state index < -0.39 is 0 Å². The van der Waals surface area contributed by atoms with E-state index in [4.69, 9.17) is 33.2 Å². The van der Waals surface area contributed by atoms with Crippen molar-refractivity contribution in [1.29, 1.82) is 0 Å². The smallest absolute Gasteiger partial charge is 0.227 e. The summed E-state index contributed by atoms with van der Waals surface area (Å²) in [6.45, 7) is 0. The summed E-state index contributed by atoms with van der Waals surface area (Å²) in [5.41, 5.74) is 7.79. The monoisotopic (exact) mass is 606 g/mol. The zero-order valence-electron chi connectivity index (χ0n) is 24.7. The molecule has 4 heterocycles. The Morgan fingerprint density at radius 3 is 1.94 bits per heavy atom. The van der Waals surface area contributed by atoms with Crippen LogP contribution in [0.15, 0.2) is 147 Å². The molecule has 220 valence electrons. The summed E-state index contributed by atoms with van der Waals surface area (Å²) in [7, 11) is 0. The number of benzene rings is 6. The molecule has 0 radical (unpaired) electrons. The highest BCUT2D eigenvalue weighted by Crippen LogP contribution is 2.40. The Morgan fingerprint density at radius 2 is 1.09 bits per heavy atom. The van der Waals surface area contributed by atoms with E-state index in [0.29, 0.717) is 40.1 Å². The normalized spacial score (nSPS) is 11.8. The second kappa shape index (κ2) is 9.95. The first-order chi connectivity index (χ1) is 23.3. The maximum Gasteiger partial charge on any atom is 0.227 e. The van der Waals surface area contributed by atoms with Crippen molar-refractivity contribution in [2.45, 2.75) is 0 Å². The van der Waals surface area contributed by atoms with Gasteiger partial charge in [-0.1, -0.05) is 84.9 Å². The molecule has 7 nitrogen and oxygen atoms in total. The second-order valence-corrected chi connectivity index (χ2v) is 11.4.